The first-order chi connectivity index (χ1) is 9.70. The van der Waals surface area contributed by atoms with Crippen molar-refractivity contribution in [3.8, 4) is 0 Å². The zero-order chi connectivity index (χ0) is 15.8. The number of nitrogens with zero attached hydrogens (tertiary/aromatic N) is 2. The van der Waals surface area contributed by atoms with Crippen LogP contribution in [0.15, 0.2) is 24.4 Å². The second kappa shape index (κ2) is 5.67. The van der Waals surface area contributed by atoms with Crippen LogP contribution in [0.5, 0.6) is 0 Å². The van der Waals surface area contributed by atoms with Gasteiger partial charge in [-0.05, 0) is 6.07 Å². The van der Waals surface area contributed by atoms with E-state index in [1.807, 2.05) is 0 Å². The minimum absolute atomic E-state index is 0.0807. The Bertz CT molecular complexity index is 724. The summed E-state index contributed by atoms with van der Waals surface area (Å²) in [4.78, 5) is 27.4. The largest absolute Gasteiger partial charge is 0.288 e. The van der Waals surface area contributed by atoms with Crippen molar-refractivity contribution < 1.29 is 9.72 Å². The first kappa shape index (κ1) is 15.8. The molecule has 1 aromatic heterocycles. The van der Waals surface area contributed by atoms with E-state index < -0.39 is 13.0 Å². The van der Waals surface area contributed by atoms with E-state index in [1.54, 1.807) is 6.20 Å². The Morgan fingerprint density at radius 1 is 1.38 bits per heavy atom. The highest BCUT2D eigenvalue weighted by molar-refractivity contribution is 7.27. The molecule has 1 aromatic carbocycles. The first-order valence-electron chi connectivity index (χ1n) is 6.15. The molecule has 8 heteroatoms. The molecule has 5 nitrogen and oxygen atoms in total. The van der Waals surface area contributed by atoms with E-state index in [1.165, 1.54) is 29.5 Å². The van der Waals surface area contributed by atoms with Crippen molar-refractivity contribution in [2.45, 2.75) is 19.6 Å². The van der Waals surface area contributed by atoms with Crippen LogP contribution in [-0.2, 0) is 0 Å². The highest BCUT2D eigenvalue weighted by Gasteiger charge is 2.24. The molecule has 0 saturated carbocycles. The number of benzene rings is 1. The van der Waals surface area contributed by atoms with Crippen molar-refractivity contribution >= 4 is 47.1 Å². The topological polar surface area (TPSA) is 73.1 Å². The zero-order valence-electron chi connectivity index (χ0n) is 11.7. The van der Waals surface area contributed by atoms with Gasteiger partial charge < -0.3 is 0 Å². The minimum atomic E-state index is -1.56. The minimum Gasteiger partial charge on any atom is -0.288 e. The molecule has 0 fully saturated rings. The number of ketones is 1. The molecule has 0 bridgehead atoms. The smallest absolute Gasteiger partial charge is 0.270 e. The molecule has 2 aromatic rings. The van der Waals surface area contributed by atoms with Gasteiger partial charge in [-0.15, -0.1) is 11.3 Å². The van der Waals surface area contributed by atoms with E-state index in [0.717, 1.165) is 4.63 Å². The number of hydrogen-bond donors (Lipinski definition) is 0. The van der Waals surface area contributed by atoms with Crippen LogP contribution in [0.1, 0.15) is 15.2 Å². The predicted molar refractivity (Wildman–Crippen MR) is 86.6 cm³/mol. The number of thiazole rings is 1. The lowest BCUT2D eigenvalue weighted by atomic mass is 10.1. The summed E-state index contributed by atoms with van der Waals surface area (Å²) in [5.74, 6) is -0.253. The Labute approximate surface area is 131 Å². The lowest BCUT2D eigenvalue weighted by Crippen LogP contribution is -2.36. The maximum atomic E-state index is 12.4. The van der Waals surface area contributed by atoms with Crippen molar-refractivity contribution in [3.63, 3.8) is 0 Å². The Morgan fingerprint density at radius 3 is 2.52 bits per heavy atom. The molecule has 2 rings (SSSR count). The van der Waals surface area contributed by atoms with Crippen LogP contribution in [0.2, 0.25) is 24.7 Å². The summed E-state index contributed by atoms with van der Waals surface area (Å²) >= 11 is 7.35. The number of aromatic nitrogens is 1. The molecular weight excluding hydrogens is 328 g/mol. The predicted octanol–water partition coefficient (Wildman–Crippen LogP) is 3.48. The van der Waals surface area contributed by atoms with Crippen LogP contribution in [-0.4, -0.2) is 23.8 Å². The fourth-order valence-corrected chi connectivity index (χ4v) is 4.55. The Morgan fingerprint density at radius 2 is 2.05 bits per heavy atom. The lowest BCUT2D eigenvalue weighted by molar-refractivity contribution is -0.384. The second-order valence-electron chi connectivity index (χ2n) is 5.53. The third-order valence-corrected chi connectivity index (χ3v) is 7.46. The van der Waals surface area contributed by atoms with Gasteiger partial charge >= 0.3 is 0 Å². The van der Waals surface area contributed by atoms with Gasteiger partial charge in [0.15, 0.2) is 0 Å². The van der Waals surface area contributed by atoms with Gasteiger partial charge in [-0.1, -0.05) is 31.2 Å². The summed E-state index contributed by atoms with van der Waals surface area (Å²) in [5.41, 5.74) is 0.122. The van der Waals surface area contributed by atoms with Gasteiger partial charge in [0.1, 0.15) is 8.07 Å². The summed E-state index contributed by atoms with van der Waals surface area (Å²) in [6, 6.07) is 3.85. The van der Waals surface area contributed by atoms with Crippen LogP contribution in [0.3, 0.4) is 0 Å². The normalized spacial score (nSPS) is 11.4. The summed E-state index contributed by atoms with van der Waals surface area (Å²) in [7, 11) is -1.56. The molecule has 0 N–H and O–H groups in total. The molecule has 0 aliphatic rings. The number of halogens is 1. The Hall–Kier alpha value is -1.57. The van der Waals surface area contributed by atoms with Gasteiger partial charge in [-0.25, -0.2) is 0 Å². The van der Waals surface area contributed by atoms with Gasteiger partial charge in [0.2, 0.25) is 5.78 Å². The van der Waals surface area contributed by atoms with Crippen LogP contribution < -0.4 is 4.63 Å². The van der Waals surface area contributed by atoms with E-state index in [0.29, 0.717) is 4.88 Å². The van der Waals surface area contributed by atoms with Crippen LogP contribution in [0.4, 0.5) is 5.69 Å². The number of nitro benzene ring substituents is 1. The zero-order valence-corrected chi connectivity index (χ0v) is 14.3. The maximum Gasteiger partial charge on any atom is 0.270 e. The molecule has 110 valence electrons. The van der Waals surface area contributed by atoms with Gasteiger partial charge in [0, 0.05) is 23.9 Å². The highest BCUT2D eigenvalue weighted by atomic mass is 35.5. The van der Waals surface area contributed by atoms with Crippen LogP contribution in [0, 0.1) is 10.1 Å². The van der Waals surface area contributed by atoms with Gasteiger partial charge in [-0.3, -0.25) is 19.9 Å². The molecule has 0 amide bonds. The van der Waals surface area contributed by atoms with Gasteiger partial charge in [-0.2, -0.15) is 0 Å². The SMILES string of the molecule is C[Si](C)(C)c1ncc(C(=O)c2ccc([N+](=O)[O-])cc2Cl)s1. The van der Waals surface area contributed by atoms with E-state index >= 15 is 0 Å². The van der Waals surface area contributed by atoms with Crippen molar-refractivity contribution in [1.82, 2.24) is 4.98 Å². The van der Waals surface area contributed by atoms with Crippen LogP contribution >= 0.6 is 22.9 Å². The Kier molecular flexibility index (Phi) is 4.27. The van der Waals surface area contributed by atoms with Crippen LogP contribution in [0.25, 0.3) is 0 Å². The molecule has 1 heterocycles. The highest BCUT2D eigenvalue weighted by Crippen LogP contribution is 2.25. The molecule has 0 aliphatic carbocycles. The van der Waals surface area contributed by atoms with Crippen molar-refractivity contribution in [3.05, 3.63) is 50.0 Å². The third kappa shape index (κ3) is 3.37. The molecule has 0 saturated heterocycles. The molecule has 21 heavy (non-hydrogen) atoms. The number of rotatable bonds is 4. The van der Waals surface area contributed by atoms with Crippen molar-refractivity contribution in [1.29, 1.82) is 0 Å². The number of nitro groups is 1. The average molecular weight is 341 g/mol. The lowest BCUT2D eigenvalue weighted by Gasteiger charge is -2.10. The van der Waals surface area contributed by atoms with Crippen molar-refractivity contribution in [2.75, 3.05) is 0 Å². The molecule has 0 unspecified atom stereocenters. The standard InChI is InChI=1S/C13H13ClN2O3SSi/c1-21(2,3)13-15-7-11(20-13)12(17)9-5-4-8(16(18)19)6-10(9)14/h4-7H,1-3H3. The summed E-state index contributed by atoms with van der Waals surface area (Å²) in [6.45, 7) is 6.46. The number of hydrogen-bond acceptors (Lipinski definition) is 5. The first-order valence-corrected chi connectivity index (χ1v) is 10.8. The molecule has 0 radical (unpaired) electrons. The number of non-ortho nitro benzene ring substituents is 1. The van der Waals surface area contributed by atoms with E-state index in [9.17, 15) is 14.9 Å². The Balaban J connectivity index is 2.36. The van der Waals surface area contributed by atoms with Crippen molar-refractivity contribution in [2.24, 2.45) is 0 Å². The van der Waals surface area contributed by atoms with E-state index in [2.05, 4.69) is 24.6 Å². The number of carbonyl (C=O) groups excluding carboxylic acids is 1. The summed E-state index contributed by atoms with van der Waals surface area (Å²) in [6.07, 6.45) is 1.55. The fraction of sp³-hybridized carbons (Fsp3) is 0.231. The van der Waals surface area contributed by atoms with Gasteiger partial charge in [0.05, 0.1) is 19.5 Å². The third-order valence-electron chi connectivity index (χ3n) is 2.78. The van der Waals surface area contributed by atoms with E-state index in [4.69, 9.17) is 11.6 Å². The monoisotopic (exact) mass is 340 g/mol. The van der Waals surface area contributed by atoms with E-state index in [-0.39, 0.29) is 22.1 Å². The second-order valence-corrected chi connectivity index (χ2v) is 12.3. The quantitative estimate of drug-likeness (QED) is 0.369. The average Bonchev–Trinajstić information content (AvgIpc) is 2.87. The summed E-state index contributed by atoms with van der Waals surface area (Å²) < 4.78 is 0.990. The maximum absolute atomic E-state index is 12.4. The molecule has 0 spiro atoms. The molecule has 0 atom stereocenters. The fourth-order valence-electron chi connectivity index (χ4n) is 1.66. The molecule has 0 aliphatic heterocycles. The molecular formula is C13H13ClN2O3SSi. The summed E-state index contributed by atoms with van der Waals surface area (Å²) in [5, 5.41) is 10.8. The van der Waals surface area contributed by atoms with Gasteiger partial charge in [0.25, 0.3) is 5.69 Å². The number of carbonyl (C=O) groups is 1.